The molecule has 0 aromatic carbocycles. The molecule has 2 heterocycles. The van der Waals surface area contributed by atoms with Crippen LogP contribution in [0.2, 0.25) is 0 Å². The Morgan fingerprint density at radius 1 is 0.316 bits per heavy atom. The molecule has 0 amide bonds. The van der Waals surface area contributed by atoms with Crippen molar-refractivity contribution < 1.29 is 0 Å². The normalized spacial score (nSPS) is 11.6. The number of hydrogen-bond acceptors (Lipinski definition) is 2. The van der Waals surface area contributed by atoms with E-state index in [0.29, 0.717) is 0 Å². The molecule has 0 saturated heterocycles. The van der Waals surface area contributed by atoms with Crippen LogP contribution in [0.1, 0.15) is 287 Å². The predicted molar refractivity (Wildman–Crippen MR) is 256 cm³/mol. The van der Waals surface area contributed by atoms with Gasteiger partial charge in [0.25, 0.3) is 0 Å². The zero-order valence-corrected chi connectivity index (χ0v) is 39.4. The molecule has 328 valence electrons. The third-order valence-electron chi connectivity index (χ3n) is 12.9. The first kappa shape index (κ1) is 51.4. The van der Waals surface area contributed by atoms with Crippen LogP contribution in [-0.4, -0.2) is 9.97 Å². The van der Waals surface area contributed by atoms with Crippen LogP contribution in [0.3, 0.4) is 0 Å². The first-order valence-electron chi connectivity index (χ1n) is 26.2. The monoisotopic (exact) mass is 787 g/mol. The highest BCUT2D eigenvalue weighted by atomic mass is 14.8. The summed E-state index contributed by atoms with van der Waals surface area (Å²) in [4.78, 5) is 11.1. The van der Waals surface area contributed by atoms with Crippen LogP contribution >= 0.6 is 0 Å². The summed E-state index contributed by atoms with van der Waals surface area (Å²) in [6, 6.07) is 4.60. The van der Waals surface area contributed by atoms with Gasteiger partial charge in [0, 0.05) is 11.9 Å². The molecule has 0 aliphatic heterocycles. The molecule has 0 radical (unpaired) electrons. The van der Waals surface area contributed by atoms with Gasteiger partial charge in [-0.15, -0.1) is 0 Å². The van der Waals surface area contributed by atoms with Gasteiger partial charge in [0.05, 0.1) is 11.4 Å². The third-order valence-corrected chi connectivity index (χ3v) is 12.9. The smallest absolute Gasteiger partial charge is 0.0927 e. The van der Waals surface area contributed by atoms with E-state index in [4.69, 9.17) is 9.97 Å². The molecule has 0 fully saturated rings. The first-order valence-corrected chi connectivity index (χ1v) is 26.2. The summed E-state index contributed by atoms with van der Waals surface area (Å²) in [5.41, 5.74) is 10.4. The highest BCUT2D eigenvalue weighted by molar-refractivity contribution is 5.66. The van der Waals surface area contributed by atoms with E-state index in [2.05, 4.69) is 52.9 Å². The summed E-state index contributed by atoms with van der Waals surface area (Å²) >= 11 is 0. The lowest BCUT2D eigenvalue weighted by molar-refractivity contribution is 0.572. The molecule has 0 spiro atoms. The molecule has 0 unspecified atom stereocenters. The second-order valence-corrected chi connectivity index (χ2v) is 18.2. The molecule has 0 atom stereocenters. The van der Waals surface area contributed by atoms with Crippen LogP contribution in [0, 0.1) is 0 Å². The lowest BCUT2D eigenvalue weighted by Gasteiger charge is -2.23. The van der Waals surface area contributed by atoms with Crippen LogP contribution < -0.4 is 0 Å². The zero-order valence-electron chi connectivity index (χ0n) is 39.4. The van der Waals surface area contributed by atoms with Crippen molar-refractivity contribution in [2.24, 2.45) is 0 Å². The fraction of sp³-hybridized carbons (Fsp3) is 0.818. The maximum Gasteiger partial charge on any atom is 0.0927 e. The minimum Gasteiger partial charge on any atom is -0.254 e. The van der Waals surface area contributed by atoms with Crippen LogP contribution in [0.15, 0.2) is 18.3 Å². The van der Waals surface area contributed by atoms with E-state index in [9.17, 15) is 0 Å². The first-order chi connectivity index (χ1) is 28.2. The minimum atomic E-state index is 1.13. The number of aromatic nitrogens is 2. The summed E-state index contributed by atoms with van der Waals surface area (Å²) in [6.45, 7) is 11.7. The predicted octanol–water partition coefficient (Wildman–Crippen LogP) is 18.6. The Labute approximate surface area is 357 Å². The lowest BCUT2D eigenvalue weighted by atomic mass is 9.85. The van der Waals surface area contributed by atoms with Crippen LogP contribution in [0.25, 0.3) is 11.4 Å². The lowest BCUT2D eigenvalue weighted by Crippen LogP contribution is -2.13. The highest BCUT2D eigenvalue weighted by Crippen LogP contribution is 2.35. The van der Waals surface area contributed by atoms with Crippen LogP contribution in [0.5, 0.6) is 0 Å². The van der Waals surface area contributed by atoms with Crippen molar-refractivity contribution in [2.75, 3.05) is 0 Å². The molecule has 0 bridgehead atoms. The molecule has 0 N–H and O–H groups in total. The number of aryl methyl sites for hydroxylation is 2. The van der Waals surface area contributed by atoms with Gasteiger partial charge in [0.1, 0.15) is 0 Å². The van der Waals surface area contributed by atoms with Gasteiger partial charge in [-0.1, -0.05) is 233 Å². The maximum absolute atomic E-state index is 5.88. The van der Waals surface area contributed by atoms with Crippen molar-refractivity contribution in [2.45, 2.75) is 291 Å². The van der Waals surface area contributed by atoms with Crippen LogP contribution in [-0.2, 0) is 32.1 Å². The van der Waals surface area contributed by atoms with Crippen molar-refractivity contribution in [3.63, 3.8) is 0 Å². The average Bonchev–Trinajstić information content (AvgIpc) is 3.23. The quantitative estimate of drug-likeness (QED) is 0.0628. The summed E-state index contributed by atoms with van der Waals surface area (Å²) in [5.74, 6) is 0. The second kappa shape index (κ2) is 37.3. The van der Waals surface area contributed by atoms with E-state index in [1.54, 1.807) is 16.7 Å². The van der Waals surface area contributed by atoms with Gasteiger partial charge in [-0.05, 0) is 92.5 Å². The van der Waals surface area contributed by atoms with Crippen molar-refractivity contribution in [1.82, 2.24) is 9.97 Å². The van der Waals surface area contributed by atoms with Crippen molar-refractivity contribution in [3.8, 4) is 11.4 Å². The largest absolute Gasteiger partial charge is 0.254 e. The Morgan fingerprint density at radius 2 is 0.649 bits per heavy atom. The van der Waals surface area contributed by atoms with Crippen LogP contribution in [0.4, 0.5) is 0 Å². The number of hydrogen-bond donors (Lipinski definition) is 0. The van der Waals surface area contributed by atoms with Gasteiger partial charge in [-0.3, -0.25) is 9.97 Å². The number of pyridine rings is 2. The van der Waals surface area contributed by atoms with Crippen molar-refractivity contribution in [1.29, 1.82) is 0 Å². The second-order valence-electron chi connectivity index (χ2n) is 18.2. The van der Waals surface area contributed by atoms with Gasteiger partial charge in [-0.25, -0.2) is 0 Å². The Balaban J connectivity index is 2.54. The standard InChI is InChI=1S/C55H98N2/c1-6-11-16-21-26-31-36-42-49-43-41-48-56-54(49)55-52(46-39-34-29-24-19-14-9-4)50(44-37-32-27-22-17-12-7-2)51(45-38-33-28-23-18-13-8-3)53(57-55)47-40-35-30-25-20-15-10-5/h41,43,48H,6-40,42,44-47H2,1-5H3. The summed E-state index contributed by atoms with van der Waals surface area (Å²) in [7, 11) is 0. The van der Waals surface area contributed by atoms with Gasteiger partial charge in [-0.2, -0.15) is 0 Å². The van der Waals surface area contributed by atoms with E-state index in [1.165, 1.54) is 267 Å². The fourth-order valence-corrected chi connectivity index (χ4v) is 9.19. The van der Waals surface area contributed by atoms with Gasteiger partial charge >= 0.3 is 0 Å². The molecule has 57 heavy (non-hydrogen) atoms. The number of unbranched alkanes of at least 4 members (excludes halogenated alkanes) is 30. The SMILES string of the molecule is CCCCCCCCCc1cccnc1-c1nc(CCCCCCCCC)c(CCCCCCCCC)c(CCCCCCCCC)c1CCCCCCCCC. The van der Waals surface area contributed by atoms with E-state index >= 15 is 0 Å². The van der Waals surface area contributed by atoms with Gasteiger partial charge in [0.15, 0.2) is 0 Å². The number of rotatable bonds is 41. The molecule has 2 nitrogen and oxygen atoms in total. The van der Waals surface area contributed by atoms with E-state index in [0.717, 1.165) is 12.8 Å². The van der Waals surface area contributed by atoms with E-state index in [1.807, 2.05) is 0 Å². The number of nitrogens with zero attached hydrogens (tertiary/aromatic N) is 2. The summed E-state index contributed by atoms with van der Waals surface area (Å²) in [6.07, 6.45) is 55.8. The molecule has 2 aromatic heterocycles. The van der Waals surface area contributed by atoms with Crippen molar-refractivity contribution >= 4 is 0 Å². The Hall–Kier alpha value is -1.70. The van der Waals surface area contributed by atoms with E-state index in [-0.39, 0.29) is 0 Å². The maximum atomic E-state index is 5.88. The Bertz CT molecular complexity index is 1180. The summed E-state index contributed by atoms with van der Waals surface area (Å²) < 4.78 is 0. The fourth-order valence-electron chi connectivity index (χ4n) is 9.19. The molecular weight excluding hydrogens is 689 g/mol. The molecule has 0 aliphatic rings. The Morgan fingerprint density at radius 3 is 1.07 bits per heavy atom. The zero-order chi connectivity index (χ0) is 40.9. The molecular formula is C55H98N2. The summed E-state index contributed by atoms with van der Waals surface area (Å²) in [5, 5.41) is 0. The van der Waals surface area contributed by atoms with Crippen molar-refractivity contribution in [3.05, 3.63) is 46.3 Å². The molecule has 0 aliphatic carbocycles. The third kappa shape index (κ3) is 24.2. The van der Waals surface area contributed by atoms with Gasteiger partial charge < -0.3 is 0 Å². The highest BCUT2D eigenvalue weighted by Gasteiger charge is 2.22. The molecule has 2 rings (SSSR count). The molecule has 2 aromatic rings. The molecule has 2 heteroatoms. The average molecular weight is 787 g/mol. The van der Waals surface area contributed by atoms with Gasteiger partial charge in [0.2, 0.25) is 0 Å². The van der Waals surface area contributed by atoms with E-state index < -0.39 is 0 Å². The topological polar surface area (TPSA) is 25.8 Å². The molecule has 0 saturated carbocycles. The Kier molecular flexibility index (Phi) is 33.7. The minimum absolute atomic E-state index is 1.13.